The van der Waals surface area contributed by atoms with Gasteiger partial charge in [-0.25, -0.2) is 0 Å². The summed E-state index contributed by atoms with van der Waals surface area (Å²) in [6.07, 6.45) is 2.21. The molecule has 0 aromatic carbocycles. The molecule has 0 saturated carbocycles. The van der Waals surface area contributed by atoms with Crippen LogP contribution in [0, 0.1) is 0 Å². The highest BCUT2D eigenvalue weighted by molar-refractivity contribution is 5.81. The van der Waals surface area contributed by atoms with E-state index in [1.165, 1.54) is 0 Å². The zero-order chi connectivity index (χ0) is 14.5. The van der Waals surface area contributed by atoms with E-state index in [1.54, 1.807) is 0 Å². The van der Waals surface area contributed by atoms with Crippen molar-refractivity contribution in [3.8, 4) is 0 Å². The minimum absolute atomic E-state index is 0.108. The second-order valence-electron chi connectivity index (χ2n) is 4.42. The van der Waals surface area contributed by atoms with Crippen molar-refractivity contribution in [3.05, 3.63) is 0 Å². The van der Waals surface area contributed by atoms with Crippen molar-refractivity contribution in [2.75, 3.05) is 45.8 Å². The summed E-state index contributed by atoms with van der Waals surface area (Å²) in [6, 6.07) is -0.256. The van der Waals surface area contributed by atoms with Crippen molar-refractivity contribution in [2.45, 2.75) is 25.3 Å². The fraction of sp³-hybridized carbons (Fsp3) is 0.917. The van der Waals surface area contributed by atoms with Crippen molar-refractivity contribution in [2.24, 2.45) is 22.9 Å². The van der Waals surface area contributed by atoms with Crippen molar-refractivity contribution in [1.29, 1.82) is 0 Å². The molecule has 0 aromatic heterocycles. The van der Waals surface area contributed by atoms with Gasteiger partial charge in [-0.1, -0.05) is 0 Å². The molecular weight excluding hydrogens is 244 g/mol. The Kier molecular flexibility index (Phi) is 11.8. The SMILES string of the molecule is NCCC[N]C(=O)[C@H](CCCN)N(CCN)CCN. The molecule has 7 heteroatoms. The first-order valence-corrected chi connectivity index (χ1v) is 6.96. The van der Waals surface area contributed by atoms with Gasteiger partial charge >= 0.3 is 0 Å². The van der Waals surface area contributed by atoms with Crippen molar-refractivity contribution < 1.29 is 4.79 Å². The summed E-state index contributed by atoms with van der Waals surface area (Å²) in [6.45, 7) is 3.86. The Labute approximate surface area is 116 Å². The summed E-state index contributed by atoms with van der Waals surface area (Å²) in [5.41, 5.74) is 22.1. The first-order valence-electron chi connectivity index (χ1n) is 6.96. The number of carbonyl (C=O) groups excluding carboxylic acids is 1. The monoisotopic (exact) mass is 273 g/mol. The van der Waals surface area contributed by atoms with Crippen LogP contribution >= 0.6 is 0 Å². The van der Waals surface area contributed by atoms with E-state index in [9.17, 15) is 4.79 Å². The van der Waals surface area contributed by atoms with Crippen LogP contribution in [0.3, 0.4) is 0 Å². The van der Waals surface area contributed by atoms with E-state index < -0.39 is 0 Å². The maximum atomic E-state index is 12.1. The Hall–Kier alpha value is -0.730. The van der Waals surface area contributed by atoms with E-state index in [-0.39, 0.29) is 11.9 Å². The zero-order valence-corrected chi connectivity index (χ0v) is 11.8. The Balaban J connectivity index is 4.49. The van der Waals surface area contributed by atoms with Gasteiger partial charge in [-0.2, -0.15) is 0 Å². The van der Waals surface area contributed by atoms with Gasteiger partial charge in [0.2, 0.25) is 0 Å². The quantitative estimate of drug-likeness (QED) is 0.297. The Morgan fingerprint density at radius 1 is 0.947 bits per heavy atom. The first kappa shape index (κ1) is 18.3. The van der Waals surface area contributed by atoms with Crippen LogP contribution in [0.15, 0.2) is 0 Å². The lowest BCUT2D eigenvalue weighted by molar-refractivity contribution is -0.127. The molecule has 1 atom stereocenters. The number of nitrogens with two attached hydrogens (primary N) is 4. The molecule has 1 amide bonds. The summed E-state index contributed by atoms with van der Waals surface area (Å²) >= 11 is 0. The van der Waals surface area contributed by atoms with Crippen molar-refractivity contribution >= 4 is 5.91 Å². The minimum atomic E-state index is -0.256. The average molecular weight is 273 g/mol. The second-order valence-corrected chi connectivity index (χ2v) is 4.42. The highest BCUT2D eigenvalue weighted by atomic mass is 16.2. The summed E-state index contributed by atoms with van der Waals surface area (Å²) in [7, 11) is 0. The molecular formula is C12H29N6O. The predicted molar refractivity (Wildman–Crippen MR) is 77.4 cm³/mol. The van der Waals surface area contributed by atoms with Crippen LogP contribution < -0.4 is 28.3 Å². The van der Waals surface area contributed by atoms with Gasteiger partial charge in [0.05, 0.1) is 6.04 Å². The maximum absolute atomic E-state index is 12.1. The zero-order valence-electron chi connectivity index (χ0n) is 11.8. The topological polar surface area (TPSA) is 138 Å². The molecule has 0 aliphatic carbocycles. The summed E-state index contributed by atoms with van der Waals surface area (Å²) in [5, 5.41) is 4.07. The normalized spacial score (nSPS) is 12.7. The Morgan fingerprint density at radius 3 is 2.00 bits per heavy atom. The summed E-state index contributed by atoms with van der Waals surface area (Å²) < 4.78 is 0. The summed E-state index contributed by atoms with van der Waals surface area (Å²) in [5.74, 6) is -0.108. The third kappa shape index (κ3) is 8.12. The largest absolute Gasteiger partial charge is 0.330 e. The number of hydrogen-bond donors (Lipinski definition) is 4. The van der Waals surface area contributed by atoms with Crippen LogP contribution in [-0.4, -0.2) is 62.7 Å². The smallest absolute Gasteiger partial charge is 0.258 e. The van der Waals surface area contributed by atoms with Gasteiger partial charge in [-0.3, -0.25) is 15.0 Å². The van der Waals surface area contributed by atoms with Gasteiger partial charge in [-0.15, -0.1) is 0 Å². The molecule has 0 unspecified atom stereocenters. The van der Waals surface area contributed by atoms with Gasteiger partial charge in [0.15, 0.2) is 0 Å². The number of rotatable bonds is 12. The van der Waals surface area contributed by atoms with Gasteiger partial charge in [0.25, 0.3) is 5.91 Å². The van der Waals surface area contributed by atoms with Crippen molar-refractivity contribution in [1.82, 2.24) is 10.2 Å². The van der Waals surface area contributed by atoms with Gasteiger partial charge in [-0.05, 0) is 32.4 Å². The number of nitrogens with zero attached hydrogens (tertiary/aromatic N) is 2. The fourth-order valence-electron chi connectivity index (χ4n) is 1.91. The van der Waals surface area contributed by atoms with Gasteiger partial charge in [0.1, 0.15) is 0 Å². The Bertz CT molecular complexity index is 220. The third-order valence-electron chi connectivity index (χ3n) is 2.87. The van der Waals surface area contributed by atoms with Crippen LogP contribution in [0.25, 0.3) is 0 Å². The van der Waals surface area contributed by atoms with Crippen LogP contribution in [-0.2, 0) is 4.79 Å². The van der Waals surface area contributed by atoms with E-state index >= 15 is 0 Å². The molecule has 1 radical (unpaired) electrons. The molecule has 19 heavy (non-hydrogen) atoms. The molecule has 113 valence electrons. The van der Waals surface area contributed by atoms with Crippen LogP contribution in [0.4, 0.5) is 0 Å². The van der Waals surface area contributed by atoms with Crippen LogP contribution in [0.2, 0.25) is 0 Å². The maximum Gasteiger partial charge on any atom is 0.258 e. The molecule has 0 rings (SSSR count). The molecule has 0 spiro atoms. The lowest BCUT2D eigenvalue weighted by Crippen LogP contribution is -2.48. The number of amides is 1. The highest BCUT2D eigenvalue weighted by Gasteiger charge is 2.25. The predicted octanol–water partition coefficient (Wildman–Crippen LogP) is -2.21. The number of hydrogen-bond acceptors (Lipinski definition) is 6. The van der Waals surface area contributed by atoms with Gasteiger partial charge in [0, 0.05) is 32.7 Å². The molecule has 8 N–H and O–H groups in total. The molecule has 0 saturated heterocycles. The van der Waals surface area contributed by atoms with E-state index in [1.807, 2.05) is 4.90 Å². The lowest BCUT2D eigenvalue weighted by atomic mass is 10.1. The third-order valence-corrected chi connectivity index (χ3v) is 2.87. The molecule has 0 aliphatic heterocycles. The number of carbonyl (C=O) groups is 1. The minimum Gasteiger partial charge on any atom is -0.330 e. The van der Waals surface area contributed by atoms with E-state index in [0.29, 0.717) is 52.2 Å². The van der Waals surface area contributed by atoms with Crippen molar-refractivity contribution in [3.63, 3.8) is 0 Å². The van der Waals surface area contributed by atoms with Crippen LogP contribution in [0.5, 0.6) is 0 Å². The van der Waals surface area contributed by atoms with E-state index in [2.05, 4.69) is 5.32 Å². The first-order chi connectivity index (χ1) is 9.21. The molecule has 0 heterocycles. The molecule has 0 aliphatic rings. The van der Waals surface area contributed by atoms with Gasteiger partial charge < -0.3 is 22.9 Å². The van der Waals surface area contributed by atoms with E-state index in [0.717, 1.165) is 12.8 Å². The average Bonchev–Trinajstić information content (AvgIpc) is 2.40. The lowest BCUT2D eigenvalue weighted by Gasteiger charge is -2.29. The standard InChI is InChI=1S/C12H29N6O/c13-4-1-3-11(12(19)17-8-2-5-14)18(9-6-15)10-7-16/h11H,1-10,13-16H2/t11-/m0/s1. The fourth-order valence-corrected chi connectivity index (χ4v) is 1.91. The Morgan fingerprint density at radius 2 is 1.53 bits per heavy atom. The second kappa shape index (κ2) is 12.3. The molecule has 0 fully saturated rings. The molecule has 0 aromatic rings. The van der Waals surface area contributed by atoms with E-state index in [4.69, 9.17) is 22.9 Å². The molecule has 0 bridgehead atoms. The molecule has 7 nitrogen and oxygen atoms in total. The van der Waals surface area contributed by atoms with Crippen LogP contribution in [0.1, 0.15) is 19.3 Å². The highest BCUT2D eigenvalue weighted by Crippen LogP contribution is 2.07. The summed E-state index contributed by atoms with van der Waals surface area (Å²) in [4.78, 5) is 14.1.